The van der Waals surface area contributed by atoms with Gasteiger partial charge in [0.1, 0.15) is 5.75 Å². The molecule has 0 saturated carbocycles. The van der Waals surface area contributed by atoms with E-state index in [1.807, 2.05) is 12.1 Å². The van der Waals surface area contributed by atoms with Crippen molar-refractivity contribution in [3.8, 4) is 5.75 Å². The van der Waals surface area contributed by atoms with Gasteiger partial charge in [0, 0.05) is 18.7 Å². The van der Waals surface area contributed by atoms with Gasteiger partial charge in [0.2, 0.25) is 11.8 Å². The van der Waals surface area contributed by atoms with Gasteiger partial charge in [-0.05, 0) is 52.3 Å². The van der Waals surface area contributed by atoms with Crippen LogP contribution in [0.15, 0.2) is 49.9 Å². The van der Waals surface area contributed by atoms with Crippen LogP contribution in [-0.2, 0) is 4.79 Å². The lowest BCUT2D eigenvalue weighted by molar-refractivity contribution is -0.117. The summed E-state index contributed by atoms with van der Waals surface area (Å²) in [5.74, 6) is 0.301. The fourth-order valence-corrected chi connectivity index (χ4v) is 3.24. The molecule has 0 bridgehead atoms. The van der Waals surface area contributed by atoms with Crippen molar-refractivity contribution in [2.45, 2.75) is 12.3 Å². The van der Waals surface area contributed by atoms with Crippen molar-refractivity contribution in [3.05, 3.63) is 52.7 Å². The Morgan fingerprint density at radius 1 is 1.21 bits per heavy atom. The Morgan fingerprint density at radius 3 is 2.68 bits per heavy atom. The number of methoxy groups -OCH3 is 1. The Morgan fingerprint density at radius 2 is 2.00 bits per heavy atom. The molecule has 0 radical (unpaired) electrons. The number of nitrogens with one attached hydrogen (secondary N) is 1. The molecule has 1 aliphatic heterocycles. The van der Waals surface area contributed by atoms with Crippen molar-refractivity contribution in [3.63, 3.8) is 0 Å². The Labute approximate surface area is 167 Å². The molecular weight excluding hydrogens is 432 g/mol. The molecule has 2 aromatic heterocycles. The van der Waals surface area contributed by atoms with Gasteiger partial charge in [-0.15, -0.1) is 5.10 Å². The highest BCUT2D eigenvalue weighted by atomic mass is 79.9. The van der Waals surface area contributed by atoms with Gasteiger partial charge in [0.05, 0.1) is 13.0 Å². The van der Waals surface area contributed by atoms with Crippen LogP contribution in [0.3, 0.4) is 0 Å². The first kappa shape index (κ1) is 18.2. The van der Waals surface area contributed by atoms with E-state index in [1.54, 1.807) is 30.2 Å². The summed E-state index contributed by atoms with van der Waals surface area (Å²) in [5, 5.41) is 10.3. The zero-order valence-corrected chi connectivity index (χ0v) is 16.3. The lowest BCUT2D eigenvalue weighted by atomic mass is 10.1. The highest BCUT2D eigenvalue weighted by Crippen LogP contribution is 2.32. The van der Waals surface area contributed by atoms with E-state index >= 15 is 0 Å². The summed E-state index contributed by atoms with van der Waals surface area (Å²) in [6.07, 6.45) is 0.243. The van der Waals surface area contributed by atoms with Crippen molar-refractivity contribution in [2.75, 3.05) is 23.9 Å². The molecule has 1 N–H and O–H groups in total. The molecule has 1 atom stereocenters. The number of carbonyl (C=O) groups is 2. The highest BCUT2D eigenvalue weighted by molar-refractivity contribution is 9.10. The van der Waals surface area contributed by atoms with Crippen LogP contribution >= 0.6 is 15.9 Å². The Balaban J connectivity index is 1.44. The molecule has 0 aliphatic carbocycles. The number of nitrogens with zero attached hydrogens (tertiary/aromatic N) is 3. The number of carbonyl (C=O) groups excluding carboxylic acids is 2. The van der Waals surface area contributed by atoms with Crippen molar-refractivity contribution in [2.24, 2.45) is 0 Å². The minimum Gasteiger partial charge on any atom is -0.497 e. The average molecular weight is 447 g/mol. The quantitative estimate of drug-likeness (QED) is 0.640. The van der Waals surface area contributed by atoms with E-state index in [2.05, 4.69) is 31.4 Å². The summed E-state index contributed by atoms with van der Waals surface area (Å²) >= 11 is 3.13. The third-order valence-corrected chi connectivity index (χ3v) is 4.74. The van der Waals surface area contributed by atoms with Crippen molar-refractivity contribution in [1.82, 2.24) is 10.2 Å². The highest BCUT2D eigenvalue weighted by Gasteiger charge is 2.35. The van der Waals surface area contributed by atoms with Crippen molar-refractivity contribution < 1.29 is 23.2 Å². The van der Waals surface area contributed by atoms with Gasteiger partial charge in [0.15, 0.2) is 10.4 Å². The van der Waals surface area contributed by atoms with E-state index in [4.69, 9.17) is 13.6 Å². The average Bonchev–Trinajstić information content (AvgIpc) is 3.42. The number of benzene rings is 1. The Kier molecular flexibility index (Phi) is 4.86. The maximum absolute atomic E-state index is 12.4. The van der Waals surface area contributed by atoms with Crippen LogP contribution in [0, 0.1) is 0 Å². The number of anilines is 2. The first-order chi connectivity index (χ1) is 13.5. The monoisotopic (exact) mass is 446 g/mol. The van der Waals surface area contributed by atoms with Crippen LogP contribution in [0.2, 0.25) is 0 Å². The molecule has 1 fully saturated rings. The molecule has 9 nitrogen and oxygen atoms in total. The fourth-order valence-electron chi connectivity index (χ4n) is 2.93. The number of hydrogen-bond donors (Lipinski definition) is 1. The van der Waals surface area contributed by atoms with Gasteiger partial charge in [-0.1, -0.05) is 5.10 Å². The number of ether oxygens (including phenoxy) is 1. The second-order valence-corrected chi connectivity index (χ2v) is 6.89. The minimum atomic E-state index is -0.511. The van der Waals surface area contributed by atoms with Crippen LogP contribution in [0.1, 0.15) is 28.8 Å². The zero-order valence-electron chi connectivity index (χ0n) is 14.7. The maximum atomic E-state index is 12.4. The molecular formula is C18H15BrN4O5. The van der Waals surface area contributed by atoms with Crippen LogP contribution in [0.25, 0.3) is 0 Å². The van der Waals surface area contributed by atoms with Gasteiger partial charge in [-0.3, -0.25) is 14.9 Å². The maximum Gasteiger partial charge on any atom is 0.322 e. The van der Waals surface area contributed by atoms with E-state index in [1.165, 1.54) is 6.07 Å². The van der Waals surface area contributed by atoms with Crippen LogP contribution < -0.4 is 15.0 Å². The fraction of sp³-hybridized carbons (Fsp3) is 0.222. The number of aromatic nitrogens is 2. The summed E-state index contributed by atoms with van der Waals surface area (Å²) in [6, 6.07) is 10.3. The largest absolute Gasteiger partial charge is 0.497 e. The molecule has 1 saturated heterocycles. The van der Waals surface area contributed by atoms with E-state index in [9.17, 15) is 9.59 Å². The van der Waals surface area contributed by atoms with E-state index in [0.717, 1.165) is 5.69 Å². The first-order valence-corrected chi connectivity index (χ1v) is 9.17. The number of halogens is 1. The molecule has 144 valence electrons. The lowest BCUT2D eigenvalue weighted by Crippen LogP contribution is -2.24. The molecule has 1 unspecified atom stereocenters. The SMILES string of the molecule is COc1ccc(N2CC(c3nnc(NC(=O)c4ccc(Br)o4)o3)CC2=O)cc1. The Bertz CT molecular complexity index is 1010. The van der Waals surface area contributed by atoms with Crippen LogP contribution in [-0.4, -0.2) is 35.7 Å². The number of amides is 2. The topological polar surface area (TPSA) is 111 Å². The second-order valence-electron chi connectivity index (χ2n) is 6.11. The summed E-state index contributed by atoms with van der Waals surface area (Å²) in [5.41, 5.74) is 0.768. The van der Waals surface area contributed by atoms with E-state index in [0.29, 0.717) is 22.9 Å². The molecule has 10 heteroatoms. The smallest absolute Gasteiger partial charge is 0.322 e. The molecule has 0 spiro atoms. The van der Waals surface area contributed by atoms with Crippen molar-refractivity contribution in [1.29, 1.82) is 0 Å². The molecule has 2 amide bonds. The van der Waals surface area contributed by atoms with Gasteiger partial charge in [0.25, 0.3) is 5.91 Å². The third-order valence-electron chi connectivity index (χ3n) is 4.32. The lowest BCUT2D eigenvalue weighted by Gasteiger charge is -2.16. The summed E-state index contributed by atoms with van der Waals surface area (Å²) in [6.45, 7) is 0.409. The van der Waals surface area contributed by atoms with Gasteiger partial charge >= 0.3 is 6.01 Å². The predicted molar refractivity (Wildman–Crippen MR) is 101 cm³/mol. The molecule has 1 aromatic carbocycles. The number of hydrogen-bond acceptors (Lipinski definition) is 7. The van der Waals surface area contributed by atoms with E-state index < -0.39 is 5.91 Å². The van der Waals surface area contributed by atoms with Gasteiger partial charge in [-0.25, -0.2) is 0 Å². The van der Waals surface area contributed by atoms with Gasteiger partial charge in [-0.2, -0.15) is 0 Å². The minimum absolute atomic E-state index is 0.0422. The van der Waals surface area contributed by atoms with Crippen molar-refractivity contribution >= 4 is 39.4 Å². The number of rotatable bonds is 5. The van der Waals surface area contributed by atoms with Crippen LogP contribution in [0.5, 0.6) is 5.75 Å². The molecule has 28 heavy (non-hydrogen) atoms. The summed E-state index contributed by atoms with van der Waals surface area (Å²) in [7, 11) is 1.59. The molecule has 1 aliphatic rings. The normalized spacial score (nSPS) is 16.4. The first-order valence-electron chi connectivity index (χ1n) is 8.38. The number of furan rings is 1. The van der Waals surface area contributed by atoms with Gasteiger partial charge < -0.3 is 18.5 Å². The van der Waals surface area contributed by atoms with Crippen LogP contribution in [0.4, 0.5) is 11.7 Å². The summed E-state index contributed by atoms with van der Waals surface area (Å²) in [4.78, 5) is 26.1. The molecule has 4 rings (SSSR count). The standard InChI is InChI=1S/C18H15BrN4O5/c1-26-12-4-2-11(3-5-12)23-9-10(8-15(23)24)17-21-22-18(28-17)20-16(25)13-6-7-14(19)27-13/h2-7,10H,8-9H2,1H3,(H,20,22,25). The second kappa shape index (κ2) is 7.47. The molecule has 3 aromatic rings. The Hall–Kier alpha value is -3.14. The van der Waals surface area contributed by atoms with E-state index in [-0.39, 0.29) is 30.0 Å². The zero-order chi connectivity index (χ0) is 19.7. The predicted octanol–water partition coefficient (Wildman–Crippen LogP) is 3.21. The molecule has 3 heterocycles. The third kappa shape index (κ3) is 3.63. The summed E-state index contributed by atoms with van der Waals surface area (Å²) < 4.78 is 16.3.